The summed E-state index contributed by atoms with van der Waals surface area (Å²) in [4.78, 5) is 12.0. The van der Waals surface area contributed by atoms with Crippen molar-refractivity contribution in [2.24, 2.45) is 5.73 Å². The van der Waals surface area contributed by atoms with Crippen LogP contribution in [0.5, 0.6) is 0 Å². The summed E-state index contributed by atoms with van der Waals surface area (Å²) < 4.78 is 0. The Balaban J connectivity index is 1.79. The molecule has 1 atom stereocenters. The van der Waals surface area contributed by atoms with Crippen LogP contribution in [0.2, 0.25) is 0 Å². The van der Waals surface area contributed by atoms with Crippen molar-refractivity contribution in [3.63, 3.8) is 0 Å². The van der Waals surface area contributed by atoms with Crippen LogP contribution < -0.4 is 11.1 Å². The lowest BCUT2D eigenvalue weighted by molar-refractivity contribution is -0.124. The molecule has 4 nitrogen and oxygen atoms in total. The molecule has 1 saturated carbocycles. The summed E-state index contributed by atoms with van der Waals surface area (Å²) in [5, 5.41) is 13.1. The van der Waals surface area contributed by atoms with Gasteiger partial charge in [0.1, 0.15) is 0 Å². The average molecular weight is 276 g/mol. The fraction of sp³-hybridized carbons (Fsp3) is 0.562. The third-order valence-corrected chi connectivity index (χ3v) is 4.01. The number of rotatable bonds is 5. The standard InChI is InChI=1S/C16H24N2O2/c17-14(11-13-7-3-1-4-8-13)15(19)18-12-16(20)9-5-2-6-10-16/h1,3-4,7-8,14,20H,2,5-6,9-12,17H2,(H,18,19)/t14-/m1/s1. The molecule has 0 spiro atoms. The number of aliphatic hydroxyl groups is 1. The van der Waals surface area contributed by atoms with Gasteiger partial charge < -0.3 is 16.2 Å². The predicted molar refractivity (Wildman–Crippen MR) is 79.2 cm³/mol. The van der Waals surface area contributed by atoms with E-state index in [0.29, 0.717) is 13.0 Å². The van der Waals surface area contributed by atoms with Gasteiger partial charge in [-0.1, -0.05) is 49.6 Å². The Hall–Kier alpha value is -1.39. The van der Waals surface area contributed by atoms with Crippen molar-refractivity contribution < 1.29 is 9.90 Å². The van der Waals surface area contributed by atoms with Crippen molar-refractivity contribution in [3.05, 3.63) is 35.9 Å². The van der Waals surface area contributed by atoms with Crippen molar-refractivity contribution in [1.82, 2.24) is 5.32 Å². The van der Waals surface area contributed by atoms with E-state index in [1.54, 1.807) is 0 Å². The Morgan fingerprint density at radius 3 is 2.55 bits per heavy atom. The summed E-state index contributed by atoms with van der Waals surface area (Å²) in [6.45, 7) is 0.314. The fourth-order valence-electron chi connectivity index (χ4n) is 2.73. The number of nitrogens with one attached hydrogen (secondary N) is 1. The lowest BCUT2D eigenvalue weighted by Crippen LogP contribution is -2.49. The lowest BCUT2D eigenvalue weighted by Gasteiger charge is -2.32. The van der Waals surface area contributed by atoms with E-state index in [1.165, 1.54) is 6.42 Å². The third kappa shape index (κ3) is 4.32. The second-order valence-corrected chi connectivity index (χ2v) is 5.80. The normalized spacial score (nSPS) is 19.3. The van der Waals surface area contributed by atoms with Gasteiger partial charge in [-0.2, -0.15) is 0 Å². The number of hydrogen-bond donors (Lipinski definition) is 3. The molecule has 0 aromatic heterocycles. The molecule has 0 radical (unpaired) electrons. The quantitative estimate of drug-likeness (QED) is 0.760. The smallest absolute Gasteiger partial charge is 0.237 e. The number of carbonyl (C=O) groups excluding carboxylic acids is 1. The molecule has 0 saturated heterocycles. The molecule has 1 amide bonds. The molecule has 1 aliphatic rings. The van der Waals surface area contributed by atoms with Gasteiger partial charge in [0.05, 0.1) is 11.6 Å². The minimum atomic E-state index is -0.736. The highest BCUT2D eigenvalue weighted by Gasteiger charge is 2.30. The number of nitrogens with two attached hydrogens (primary N) is 1. The van der Waals surface area contributed by atoms with Crippen LogP contribution in [0.15, 0.2) is 30.3 Å². The first-order valence-electron chi connectivity index (χ1n) is 7.39. The van der Waals surface area contributed by atoms with Crippen molar-refractivity contribution in [2.45, 2.75) is 50.2 Å². The van der Waals surface area contributed by atoms with Gasteiger partial charge in [0.25, 0.3) is 0 Å². The summed E-state index contributed by atoms with van der Waals surface area (Å²) >= 11 is 0. The first kappa shape index (κ1) is 15.0. The molecule has 0 bridgehead atoms. The molecule has 1 aliphatic carbocycles. The van der Waals surface area contributed by atoms with Crippen LogP contribution in [0.4, 0.5) is 0 Å². The Morgan fingerprint density at radius 2 is 1.90 bits per heavy atom. The lowest BCUT2D eigenvalue weighted by atomic mass is 9.85. The number of amides is 1. The highest BCUT2D eigenvalue weighted by molar-refractivity contribution is 5.81. The van der Waals surface area contributed by atoms with Crippen LogP contribution in [0, 0.1) is 0 Å². The van der Waals surface area contributed by atoms with Crippen LogP contribution in [0.1, 0.15) is 37.7 Å². The molecule has 0 heterocycles. The van der Waals surface area contributed by atoms with E-state index in [2.05, 4.69) is 5.32 Å². The van der Waals surface area contributed by atoms with Crippen LogP contribution in [0.3, 0.4) is 0 Å². The zero-order valence-electron chi connectivity index (χ0n) is 11.8. The largest absolute Gasteiger partial charge is 0.388 e. The van der Waals surface area contributed by atoms with Gasteiger partial charge in [0.2, 0.25) is 5.91 Å². The van der Waals surface area contributed by atoms with Gasteiger partial charge in [-0.05, 0) is 24.8 Å². The second-order valence-electron chi connectivity index (χ2n) is 5.80. The average Bonchev–Trinajstić information content (AvgIpc) is 2.46. The maximum absolute atomic E-state index is 12.0. The molecule has 4 heteroatoms. The maximum atomic E-state index is 12.0. The van der Waals surface area contributed by atoms with Gasteiger partial charge in [0.15, 0.2) is 0 Å². The number of carbonyl (C=O) groups is 1. The van der Waals surface area contributed by atoms with Crippen LogP contribution in [-0.2, 0) is 11.2 Å². The minimum absolute atomic E-state index is 0.187. The van der Waals surface area contributed by atoms with E-state index in [-0.39, 0.29) is 5.91 Å². The molecular formula is C16H24N2O2. The molecule has 1 fully saturated rings. The van der Waals surface area contributed by atoms with E-state index in [0.717, 1.165) is 31.2 Å². The van der Waals surface area contributed by atoms with Crippen molar-refractivity contribution in [2.75, 3.05) is 6.54 Å². The first-order chi connectivity index (χ1) is 9.59. The molecule has 2 rings (SSSR count). The van der Waals surface area contributed by atoms with Gasteiger partial charge in [-0.25, -0.2) is 0 Å². The summed E-state index contributed by atoms with van der Waals surface area (Å²) in [6, 6.07) is 9.16. The van der Waals surface area contributed by atoms with Crippen LogP contribution in [-0.4, -0.2) is 29.2 Å². The van der Waals surface area contributed by atoms with Crippen LogP contribution in [0.25, 0.3) is 0 Å². The van der Waals surface area contributed by atoms with Gasteiger partial charge in [-0.15, -0.1) is 0 Å². The summed E-state index contributed by atoms with van der Waals surface area (Å²) in [6.07, 6.45) is 5.28. The Morgan fingerprint density at radius 1 is 1.25 bits per heavy atom. The Kier molecular flexibility index (Phi) is 5.15. The minimum Gasteiger partial charge on any atom is -0.388 e. The summed E-state index contributed by atoms with van der Waals surface area (Å²) in [7, 11) is 0. The molecule has 4 N–H and O–H groups in total. The molecule has 0 unspecified atom stereocenters. The fourth-order valence-corrected chi connectivity index (χ4v) is 2.73. The zero-order valence-corrected chi connectivity index (χ0v) is 11.8. The number of hydrogen-bond acceptors (Lipinski definition) is 3. The number of benzene rings is 1. The van der Waals surface area contributed by atoms with Crippen LogP contribution >= 0.6 is 0 Å². The van der Waals surface area contributed by atoms with Crippen molar-refractivity contribution >= 4 is 5.91 Å². The van der Waals surface area contributed by atoms with Gasteiger partial charge in [-0.3, -0.25) is 4.79 Å². The SMILES string of the molecule is N[C@H](Cc1ccccc1)C(=O)NCC1(O)CCCCC1. The molecule has 110 valence electrons. The topological polar surface area (TPSA) is 75.4 Å². The van der Waals surface area contributed by atoms with Gasteiger partial charge >= 0.3 is 0 Å². The molecular weight excluding hydrogens is 252 g/mol. The summed E-state index contributed by atoms with van der Waals surface area (Å²) in [5.41, 5.74) is 6.23. The van der Waals surface area contributed by atoms with E-state index >= 15 is 0 Å². The highest BCUT2D eigenvalue weighted by Crippen LogP contribution is 2.27. The monoisotopic (exact) mass is 276 g/mol. The van der Waals surface area contributed by atoms with Crippen molar-refractivity contribution in [3.8, 4) is 0 Å². The van der Waals surface area contributed by atoms with E-state index < -0.39 is 11.6 Å². The Bertz CT molecular complexity index is 427. The Labute approximate surface area is 120 Å². The van der Waals surface area contributed by atoms with Gasteiger partial charge in [0, 0.05) is 6.54 Å². The third-order valence-electron chi connectivity index (χ3n) is 4.01. The molecule has 0 aliphatic heterocycles. The predicted octanol–water partition coefficient (Wildman–Crippen LogP) is 1.37. The maximum Gasteiger partial charge on any atom is 0.237 e. The molecule has 1 aromatic rings. The first-order valence-corrected chi connectivity index (χ1v) is 7.39. The van der Waals surface area contributed by atoms with E-state index in [4.69, 9.17) is 5.73 Å². The van der Waals surface area contributed by atoms with Crippen molar-refractivity contribution in [1.29, 1.82) is 0 Å². The van der Waals surface area contributed by atoms with E-state index in [9.17, 15) is 9.90 Å². The highest BCUT2D eigenvalue weighted by atomic mass is 16.3. The molecule has 20 heavy (non-hydrogen) atoms. The molecule has 1 aromatic carbocycles. The zero-order chi connectivity index (χ0) is 14.4. The summed E-state index contributed by atoms with van der Waals surface area (Å²) in [5.74, 6) is -0.187. The van der Waals surface area contributed by atoms with E-state index in [1.807, 2.05) is 30.3 Å². The second kappa shape index (κ2) is 6.86.